The molecule has 0 radical (unpaired) electrons. The van der Waals surface area contributed by atoms with E-state index >= 15 is 0 Å². The number of carbonyl (C=O) groups is 1. The van der Waals surface area contributed by atoms with Gasteiger partial charge in [-0.2, -0.15) is 10.4 Å². The second-order valence-electron chi connectivity index (χ2n) is 6.55. The third kappa shape index (κ3) is 3.36. The van der Waals surface area contributed by atoms with Crippen molar-refractivity contribution in [3.8, 4) is 17.6 Å². The van der Waals surface area contributed by atoms with Crippen LogP contribution in [0.25, 0.3) is 0 Å². The van der Waals surface area contributed by atoms with Crippen LogP contribution in [0.2, 0.25) is 0 Å². The third-order valence-corrected chi connectivity index (χ3v) is 4.48. The van der Waals surface area contributed by atoms with Crippen molar-refractivity contribution in [2.24, 2.45) is 0 Å². The van der Waals surface area contributed by atoms with Gasteiger partial charge in [0.05, 0.1) is 17.3 Å². The van der Waals surface area contributed by atoms with Gasteiger partial charge >= 0.3 is 0 Å². The predicted molar refractivity (Wildman–Crippen MR) is 93.7 cm³/mol. The summed E-state index contributed by atoms with van der Waals surface area (Å²) >= 11 is 0. The fourth-order valence-corrected chi connectivity index (χ4v) is 3.07. The summed E-state index contributed by atoms with van der Waals surface area (Å²) in [5, 5.41) is 16.4. The van der Waals surface area contributed by atoms with E-state index in [0.717, 1.165) is 41.1 Å². The summed E-state index contributed by atoms with van der Waals surface area (Å²) < 4.78 is 7.93. The van der Waals surface area contributed by atoms with Crippen LogP contribution in [-0.2, 0) is 11.3 Å². The minimum absolute atomic E-state index is 0.0824. The molecule has 6 nitrogen and oxygen atoms in total. The molecule has 25 heavy (non-hydrogen) atoms. The summed E-state index contributed by atoms with van der Waals surface area (Å²) in [4.78, 5) is 11.8. The molecule has 1 N–H and O–H groups in total. The van der Waals surface area contributed by atoms with Crippen molar-refractivity contribution in [3.63, 3.8) is 0 Å². The molecule has 0 aliphatic heterocycles. The van der Waals surface area contributed by atoms with Gasteiger partial charge in [-0.05, 0) is 56.9 Å². The van der Waals surface area contributed by atoms with E-state index in [-0.39, 0.29) is 12.5 Å². The highest BCUT2D eigenvalue weighted by atomic mass is 16.5. The Morgan fingerprint density at radius 3 is 2.52 bits per heavy atom. The number of aromatic nitrogens is 2. The molecule has 0 bridgehead atoms. The van der Waals surface area contributed by atoms with Crippen molar-refractivity contribution in [2.45, 2.75) is 46.1 Å². The molecule has 130 valence electrons. The van der Waals surface area contributed by atoms with E-state index in [1.165, 1.54) is 0 Å². The Labute approximate surface area is 147 Å². The lowest BCUT2D eigenvalue weighted by Crippen LogP contribution is -2.25. The molecule has 0 spiro atoms. The van der Waals surface area contributed by atoms with Crippen LogP contribution in [0.1, 0.15) is 46.8 Å². The van der Waals surface area contributed by atoms with Crippen LogP contribution >= 0.6 is 0 Å². The number of nitriles is 1. The first-order valence-corrected chi connectivity index (χ1v) is 8.41. The molecule has 3 rings (SSSR count). The van der Waals surface area contributed by atoms with Gasteiger partial charge in [0, 0.05) is 13.0 Å². The average molecular weight is 338 g/mol. The molecule has 6 heteroatoms. The Morgan fingerprint density at radius 1 is 1.36 bits per heavy atom. The van der Waals surface area contributed by atoms with E-state index in [0.29, 0.717) is 17.2 Å². The summed E-state index contributed by atoms with van der Waals surface area (Å²) in [6.07, 6.45) is 2.17. The lowest BCUT2D eigenvalue weighted by Gasteiger charge is -2.12. The number of ether oxygens (including phenoxy) is 1. The average Bonchev–Trinajstić information content (AvgIpc) is 3.34. The summed E-state index contributed by atoms with van der Waals surface area (Å²) in [7, 11) is 1.62. The highest BCUT2D eigenvalue weighted by Gasteiger charge is 2.33. The number of hydrogen-bond donors (Lipinski definition) is 1. The first-order valence-electron chi connectivity index (χ1n) is 8.41. The van der Waals surface area contributed by atoms with Crippen LogP contribution in [0.3, 0.4) is 0 Å². The van der Waals surface area contributed by atoms with E-state index < -0.39 is 0 Å². The number of carbonyl (C=O) groups excluding carboxylic acids is 1. The van der Waals surface area contributed by atoms with Crippen LogP contribution in [0, 0.1) is 32.1 Å². The number of likely N-dealkylation sites (N-methyl/N-ethyl adjacent to an activating group) is 1. The predicted octanol–water partition coefficient (Wildman–Crippen LogP) is 3.10. The fraction of sp³-hybridized carbons (Fsp3) is 0.421. The minimum atomic E-state index is -0.0824. The minimum Gasteiger partial charge on any atom is -0.453 e. The van der Waals surface area contributed by atoms with Crippen molar-refractivity contribution in [1.29, 1.82) is 5.26 Å². The smallest absolute Gasteiger partial charge is 0.241 e. The zero-order valence-corrected chi connectivity index (χ0v) is 15.0. The Hall–Kier alpha value is -2.81. The van der Waals surface area contributed by atoms with Gasteiger partial charge in [0.25, 0.3) is 0 Å². The van der Waals surface area contributed by atoms with Gasteiger partial charge < -0.3 is 10.1 Å². The highest BCUT2D eigenvalue weighted by Crippen LogP contribution is 2.46. The maximum atomic E-state index is 11.8. The van der Waals surface area contributed by atoms with E-state index in [2.05, 4.69) is 16.5 Å². The Bertz CT molecular complexity index is 849. The first-order chi connectivity index (χ1) is 11.9. The van der Waals surface area contributed by atoms with Gasteiger partial charge in [0.1, 0.15) is 18.0 Å². The van der Waals surface area contributed by atoms with E-state index in [1.54, 1.807) is 11.7 Å². The quantitative estimate of drug-likeness (QED) is 0.908. The first kappa shape index (κ1) is 17.0. The van der Waals surface area contributed by atoms with Crippen LogP contribution in [0.5, 0.6) is 11.5 Å². The Morgan fingerprint density at radius 2 is 2.00 bits per heavy atom. The second-order valence-corrected chi connectivity index (χ2v) is 6.55. The van der Waals surface area contributed by atoms with E-state index in [4.69, 9.17) is 4.74 Å². The largest absolute Gasteiger partial charge is 0.453 e. The number of rotatable bonds is 5. The summed E-state index contributed by atoms with van der Waals surface area (Å²) in [6, 6.07) is 5.97. The van der Waals surface area contributed by atoms with Gasteiger partial charge in [-0.1, -0.05) is 0 Å². The molecule has 1 aromatic heterocycles. The van der Waals surface area contributed by atoms with Gasteiger partial charge in [-0.25, -0.2) is 0 Å². The zero-order chi connectivity index (χ0) is 18.1. The van der Waals surface area contributed by atoms with Crippen LogP contribution in [0.15, 0.2) is 12.1 Å². The SMILES string of the molecule is CNC(=O)Cn1nc(C)c(Oc2cc(C)c(C#N)c(C)c2)c1C1CC1. The number of aryl methyl sites for hydroxylation is 3. The molecule has 2 aromatic rings. The van der Waals surface area contributed by atoms with Gasteiger partial charge in [0.15, 0.2) is 5.75 Å². The molecule has 0 atom stereocenters. The number of nitrogens with one attached hydrogen (secondary N) is 1. The lowest BCUT2D eigenvalue weighted by molar-refractivity contribution is -0.121. The molecular formula is C19H22N4O2. The molecule has 1 aromatic carbocycles. The number of nitrogens with zero attached hydrogens (tertiary/aromatic N) is 3. The van der Waals surface area contributed by atoms with Crippen molar-refractivity contribution < 1.29 is 9.53 Å². The molecule has 1 saturated carbocycles. The van der Waals surface area contributed by atoms with Crippen molar-refractivity contribution in [2.75, 3.05) is 7.05 Å². The molecule has 1 aliphatic rings. The molecule has 1 fully saturated rings. The molecule has 1 heterocycles. The summed E-state index contributed by atoms with van der Waals surface area (Å²) in [5.41, 5.74) is 4.22. The molecule has 0 saturated heterocycles. The molecule has 1 amide bonds. The maximum Gasteiger partial charge on any atom is 0.241 e. The van der Waals surface area contributed by atoms with E-state index in [1.807, 2.05) is 32.9 Å². The van der Waals surface area contributed by atoms with Crippen molar-refractivity contribution in [3.05, 3.63) is 40.2 Å². The van der Waals surface area contributed by atoms with Crippen LogP contribution in [-0.4, -0.2) is 22.7 Å². The Kier molecular flexibility index (Phi) is 4.49. The van der Waals surface area contributed by atoms with Gasteiger partial charge in [-0.3, -0.25) is 9.48 Å². The zero-order valence-electron chi connectivity index (χ0n) is 15.0. The summed E-state index contributed by atoms with van der Waals surface area (Å²) in [5.74, 6) is 1.73. The lowest BCUT2D eigenvalue weighted by atomic mass is 10.0. The third-order valence-electron chi connectivity index (χ3n) is 4.48. The van der Waals surface area contributed by atoms with Gasteiger partial charge in [0.2, 0.25) is 5.91 Å². The fourth-order valence-electron chi connectivity index (χ4n) is 3.07. The highest BCUT2D eigenvalue weighted by molar-refractivity contribution is 5.75. The Balaban J connectivity index is 1.98. The van der Waals surface area contributed by atoms with Crippen molar-refractivity contribution >= 4 is 5.91 Å². The monoisotopic (exact) mass is 338 g/mol. The second kappa shape index (κ2) is 6.60. The van der Waals surface area contributed by atoms with Crippen LogP contribution < -0.4 is 10.1 Å². The summed E-state index contributed by atoms with van der Waals surface area (Å²) in [6.45, 7) is 5.90. The number of benzene rings is 1. The van der Waals surface area contributed by atoms with Gasteiger partial charge in [-0.15, -0.1) is 0 Å². The molecule has 1 aliphatic carbocycles. The van der Waals surface area contributed by atoms with Crippen LogP contribution in [0.4, 0.5) is 0 Å². The maximum absolute atomic E-state index is 11.8. The van der Waals surface area contributed by atoms with Crippen molar-refractivity contribution in [1.82, 2.24) is 15.1 Å². The normalized spacial score (nSPS) is 13.4. The number of amides is 1. The molecular weight excluding hydrogens is 316 g/mol. The number of hydrogen-bond acceptors (Lipinski definition) is 4. The topological polar surface area (TPSA) is 79.9 Å². The van der Waals surface area contributed by atoms with E-state index in [9.17, 15) is 10.1 Å². The molecule has 0 unspecified atom stereocenters. The standard InChI is InChI=1S/C19H22N4O2/c1-11-7-15(8-12(2)16(11)9-20)25-19-13(3)22-23(10-17(24)21-4)18(19)14-5-6-14/h7-8,14H,5-6,10H2,1-4H3,(H,21,24).